The van der Waals surface area contributed by atoms with Gasteiger partial charge in [0.15, 0.2) is 0 Å². The van der Waals surface area contributed by atoms with Crippen LogP contribution in [0.3, 0.4) is 0 Å². The lowest BCUT2D eigenvalue weighted by Crippen LogP contribution is -2.48. The summed E-state index contributed by atoms with van der Waals surface area (Å²) in [7, 11) is 0. The maximum Gasteiger partial charge on any atom is 0.315 e. The monoisotopic (exact) mass is 286 g/mol. The van der Waals surface area contributed by atoms with E-state index in [-0.39, 0.29) is 6.03 Å². The smallest absolute Gasteiger partial charge is 0.315 e. The van der Waals surface area contributed by atoms with E-state index in [1.807, 2.05) is 11.8 Å². The van der Waals surface area contributed by atoms with E-state index in [9.17, 15) is 4.79 Å². The van der Waals surface area contributed by atoms with Gasteiger partial charge in [-0.3, -0.25) is 0 Å². The Hall–Kier alpha value is -0.420. The van der Waals surface area contributed by atoms with Crippen molar-refractivity contribution in [1.29, 1.82) is 0 Å². The molecule has 3 atom stereocenters. The zero-order valence-corrected chi connectivity index (χ0v) is 12.6. The van der Waals surface area contributed by atoms with Crippen LogP contribution < -0.4 is 10.6 Å². The molecule has 0 aromatic rings. The van der Waals surface area contributed by atoms with Crippen molar-refractivity contribution in [3.8, 4) is 0 Å². The molecule has 2 fully saturated rings. The average molecular weight is 286 g/mol. The molecule has 2 amide bonds. The Bertz CT molecular complexity index is 283. The van der Waals surface area contributed by atoms with Gasteiger partial charge in [-0.05, 0) is 38.4 Å². The highest BCUT2D eigenvalue weighted by Gasteiger charge is 2.25. The van der Waals surface area contributed by atoms with Crippen LogP contribution in [0.1, 0.15) is 44.9 Å². The van der Waals surface area contributed by atoms with Crippen LogP contribution in [0.25, 0.3) is 0 Å². The normalized spacial score (nSPS) is 31.1. The van der Waals surface area contributed by atoms with E-state index >= 15 is 0 Å². The van der Waals surface area contributed by atoms with Gasteiger partial charge in [0.25, 0.3) is 0 Å². The van der Waals surface area contributed by atoms with Crippen molar-refractivity contribution in [2.45, 2.75) is 62.3 Å². The highest BCUT2D eigenvalue weighted by molar-refractivity contribution is 7.99. The Morgan fingerprint density at radius 3 is 2.84 bits per heavy atom. The van der Waals surface area contributed by atoms with Crippen molar-refractivity contribution in [2.75, 3.05) is 19.4 Å². The zero-order chi connectivity index (χ0) is 13.5. The van der Waals surface area contributed by atoms with E-state index in [2.05, 4.69) is 16.9 Å². The summed E-state index contributed by atoms with van der Waals surface area (Å²) in [6, 6.07) is 0.329. The molecule has 19 heavy (non-hydrogen) atoms. The third kappa shape index (κ3) is 4.88. The Labute approximate surface area is 120 Å². The van der Waals surface area contributed by atoms with Gasteiger partial charge in [0, 0.05) is 24.4 Å². The molecule has 0 unspecified atom stereocenters. The Kier molecular flexibility index (Phi) is 6.31. The Morgan fingerprint density at radius 1 is 1.26 bits per heavy atom. The quantitative estimate of drug-likeness (QED) is 0.816. The highest BCUT2D eigenvalue weighted by atomic mass is 32.2. The van der Waals surface area contributed by atoms with Gasteiger partial charge < -0.3 is 15.4 Å². The molecule has 0 bridgehead atoms. The number of rotatable bonds is 5. The SMILES string of the molecule is CS[C@@H]1CCCC[C@@H]1NC(=O)NCC[C@H]1CCCO1. The van der Waals surface area contributed by atoms with E-state index in [1.165, 1.54) is 19.3 Å². The fraction of sp³-hybridized carbons (Fsp3) is 0.929. The van der Waals surface area contributed by atoms with Crippen LogP contribution in [0.15, 0.2) is 0 Å². The minimum absolute atomic E-state index is 0.0102. The molecule has 1 aliphatic carbocycles. The molecule has 4 nitrogen and oxygen atoms in total. The van der Waals surface area contributed by atoms with Gasteiger partial charge in [0.05, 0.1) is 6.10 Å². The Morgan fingerprint density at radius 2 is 2.11 bits per heavy atom. The van der Waals surface area contributed by atoms with Crippen molar-refractivity contribution in [1.82, 2.24) is 10.6 Å². The number of ether oxygens (including phenoxy) is 1. The van der Waals surface area contributed by atoms with E-state index in [0.29, 0.717) is 23.9 Å². The predicted octanol–water partition coefficient (Wildman–Crippen LogP) is 2.53. The van der Waals surface area contributed by atoms with Crippen LogP contribution in [0.2, 0.25) is 0 Å². The number of nitrogens with one attached hydrogen (secondary N) is 2. The van der Waals surface area contributed by atoms with Crippen molar-refractivity contribution >= 4 is 17.8 Å². The highest BCUT2D eigenvalue weighted by Crippen LogP contribution is 2.27. The molecule has 2 aliphatic rings. The zero-order valence-electron chi connectivity index (χ0n) is 11.8. The largest absolute Gasteiger partial charge is 0.378 e. The Balaban J connectivity index is 1.62. The fourth-order valence-corrected chi connectivity index (χ4v) is 3.92. The van der Waals surface area contributed by atoms with Crippen LogP contribution in [0, 0.1) is 0 Å². The molecule has 0 spiro atoms. The van der Waals surface area contributed by atoms with Gasteiger partial charge in [-0.1, -0.05) is 12.8 Å². The summed E-state index contributed by atoms with van der Waals surface area (Å²) in [6.07, 6.45) is 10.6. The molecule has 2 N–H and O–H groups in total. The molecule has 1 aliphatic heterocycles. The van der Waals surface area contributed by atoms with Gasteiger partial charge in [-0.15, -0.1) is 0 Å². The number of thioether (sulfide) groups is 1. The fourth-order valence-electron chi connectivity index (χ4n) is 2.98. The molecule has 0 radical (unpaired) electrons. The number of hydrogen-bond acceptors (Lipinski definition) is 3. The van der Waals surface area contributed by atoms with Crippen LogP contribution in [0.4, 0.5) is 4.79 Å². The number of carbonyl (C=O) groups excluding carboxylic acids is 1. The van der Waals surface area contributed by atoms with Crippen LogP contribution in [-0.2, 0) is 4.74 Å². The third-order valence-corrected chi connectivity index (χ3v) is 5.27. The van der Waals surface area contributed by atoms with Crippen molar-refractivity contribution in [2.24, 2.45) is 0 Å². The van der Waals surface area contributed by atoms with E-state index in [1.54, 1.807) is 0 Å². The maximum atomic E-state index is 11.9. The first-order valence-corrected chi connectivity index (χ1v) is 8.77. The molecular weight excluding hydrogens is 260 g/mol. The summed E-state index contributed by atoms with van der Waals surface area (Å²) in [5.41, 5.74) is 0. The minimum atomic E-state index is -0.0102. The number of hydrogen-bond donors (Lipinski definition) is 2. The molecule has 5 heteroatoms. The average Bonchev–Trinajstić information content (AvgIpc) is 2.92. The van der Waals surface area contributed by atoms with Crippen molar-refractivity contribution in [3.63, 3.8) is 0 Å². The molecule has 1 heterocycles. The van der Waals surface area contributed by atoms with Gasteiger partial charge in [-0.2, -0.15) is 11.8 Å². The van der Waals surface area contributed by atoms with Gasteiger partial charge in [0.2, 0.25) is 0 Å². The predicted molar refractivity (Wildman–Crippen MR) is 79.7 cm³/mol. The van der Waals surface area contributed by atoms with Crippen molar-refractivity contribution < 1.29 is 9.53 Å². The van der Waals surface area contributed by atoms with Crippen LogP contribution >= 0.6 is 11.8 Å². The summed E-state index contributed by atoms with van der Waals surface area (Å²) in [5, 5.41) is 6.68. The lowest BCUT2D eigenvalue weighted by atomic mass is 9.95. The topological polar surface area (TPSA) is 50.4 Å². The van der Waals surface area contributed by atoms with E-state index in [0.717, 1.165) is 32.3 Å². The summed E-state index contributed by atoms with van der Waals surface area (Å²) in [5.74, 6) is 0. The minimum Gasteiger partial charge on any atom is -0.378 e. The standard InChI is InChI=1S/C14H26N2O2S/c1-19-13-7-3-2-6-12(13)16-14(17)15-9-8-11-5-4-10-18-11/h11-13H,2-10H2,1H3,(H2,15,16,17)/t11-,12+,13-/m1/s1. The van der Waals surface area contributed by atoms with Gasteiger partial charge in [-0.25, -0.2) is 4.79 Å². The van der Waals surface area contributed by atoms with Gasteiger partial charge >= 0.3 is 6.03 Å². The summed E-state index contributed by atoms with van der Waals surface area (Å²) in [4.78, 5) is 11.9. The molecule has 0 aromatic carbocycles. The lowest BCUT2D eigenvalue weighted by molar-refractivity contribution is 0.104. The van der Waals surface area contributed by atoms with Crippen molar-refractivity contribution in [3.05, 3.63) is 0 Å². The number of carbonyl (C=O) groups is 1. The first-order valence-electron chi connectivity index (χ1n) is 7.48. The van der Waals surface area contributed by atoms with E-state index in [4.69, 9.17) is 4.74 Å². The molecule has 110 valence electrons. The van der Waals surface area contributed by atoms with Crippen LogP contribution in [0.5, 0.6) is 0 Å². The number of amides is 2. The molecule has 1 saturated heterocycles. The second-order valence-corrected chi connectivity index (χ2v) is 6.57. The second-order valence-electron chi connectivity index (χ2n) is 5.49. The summed E-state index contributed by atoms with van der Waals surface area (Å²) >= 11 is 1.88. The maximum absolute atomic E-state index is 11.9. The summed E-state index contributed by atoms with van der Waals surface area (Å²) < 4.78 is 5.54. The molecule has 0 aromatic heterocycles. The summed E-state index contributed by atoms with van der Waals surface area (Å²) in [6.45, 7) is 1.60. The first kappa shape index (κ1) is 15.0. The van der Waals surface area contributed by atoms with Crippen LogP contribution in [-0.4, -0.2) is 42.8 Å². The second kappa shape index (κ2) is 8.00. The molecule has 1 saturated carbocycles. The molecular formula is C14H26N2O2S. The number of urea groups is 1. The van der Waals surface area contributed by atoms with E-state index < -0.39 is 0 Å². The first-order chi connectivity index (χ1) is 9.29. The molecule has 2 rings (SSSR count). The van der Waals surface area contributed by atoms with Gasteiger partial charge in [0.1, 0.15) is 0 Å². The lowest BCUT2D eigenvalue weighted by Gasteiger charge is -2.30. The third-order valence-electron chi connectivity index (χ3n) is 4.10.